The van der Waals surface area contributed by atoms with Gasteiger partial charge in [-0.05, 0) is 120 Å². The first kappa shape index (κ1) is 42.9. The molecule has 0 aromatic carbocycles. The number of likely N-dealkylation sites (N-methyl/N-ethyl adjacent to an activating group) is 1. The minimum absolute atomic E-state index is 0.0511. The van der Waals surface area contributed by atoms with Crippen molar-refractivity contribution < 1.29 is 58.7 Å². The Bertz CT molecular complexity index is 1390. The van der Waals surface area contributed by atoms with Gasteiger partial charge in [0.25, 0.3) is 0 Å². The molecule has 0 amide bonds. The van der Waals surface area contributed by atoms with Crippen molar-refractivity contribution in [3.8, 4) is 0 Å². The van der Waals surface area contributed by atoms with Crippen LogP contribution in [0.5, 0.6) is 0 Å². The highest BCUT2D eigenvalue weighted by molar-refractivity contribution is 5.85. The number of cyclic esters (lactones) is 1. The van der Waals surface area contributed by atoms with Crippen molar-refractivity contribution in [1.82, 2.24) is 4.90 Å². The molecule has 13 nitrogen and oxygen atoms in total. The third kappa shape index (κ3) is 8.02. The number of rotatable bonds is 5. The van der Waals surface area contributed by atoms with Gasteiger partial charge in [-0.1, -0.05) is 20.8 Å². The number of hydrogen-bond acceptors (Lipinski definition) is 13. The van der Waals surface area contributed by atoms with Gasteiger partial charge in [0.2, 0.25) is 0 Å². The van der Waals surface area contributed by atoms with E-state index in [1.54, 1.807) is 13.0 Å². The van der Waals surface area contributed by atoms with Crippen LogP contribution in [0.1, 0.15) is 112 Å². The molecule has 5 N–H and O–H groups in total. The standard InChI is InChI=1S/C24H36O4.C19H35NO8/c1-14-10-20-19(5-4-16-12-17(25)6-8-22(16,20)2)24(27)9-7-18(23(14,24)3)15-11-21(26)28-13-15;1-10-9-20(4)6-5-16(24-10)27-19-12(3)26-17(8-14(19)22)28-18-11(2)25-15(23)7-13(18)21/h11,14,16-20,25,27H,4-10,12-13H2,1-3H3;10-19,21-23H,5-9H2,1-4H3/t14-,16?,17-,18+,19?,20?,22-,23+,24-;10?,11-,12-,13-,14-,15+,16?,17-,18+,19+/m00/s1. The van der Waals surface area contributed by atoms with Gasteiger partial charge >= 0.3 is 5.97 Å². The number of carbonyl (C=O) groups excluding carboxylic acids is 1. The van der Waals surface area contributed by atoms with E-state index in [0.717, 1.165) is 76.5 Å². The van der Waals surface area contributed by atoms with E-state index in [9.17, 15) is 30.3 Å². The van der Waals surface area contributed by atoms with Crippen LogP contribution in [0, 0.1) is 40.4 Å². The van der Waals surface area contributed by atoms with E-state index in [4.69, 9.17) is 28.4 Å². The highest BCUT2D eigenvalue weighted by Gasteiger charge is 2.69. The zero-order valence-corrected chi connectivity index (χ0v) is 34.8. The molecule has 5 unspecified atom stereocenters. The molecule has 320 valence electrons. The number of esters is 1. The van der Waals surface area contributed by atoms with Gasteiger partial charge in [0, 0.05) is 43.8 Å². The molecular formula is C43H71NO12. The van der Waals surface area contributed by atoms with E-state index in [1.165, 1.54) is 0 Å². The summed E-state index contributed by atoms with van der Waals surface area (Å²) in [5.41, 5.74) is 0.508. The molecule has 4 aliphatic carbocycles. The third-order valence-corrected chi connectivity index (χ3v) is 16.1. The average Bonchev–Trinajstić information content (AvgIpc) is 3.62. The van der Waals surface area contributed by atoms with Crippen molar-refractivity contribution in [1.29, 1.82) is 0 Å². The van der Waals surface area contributed by atoms with E-state index in [-0.39, 0.29) is 47.8 Å². The van der Waals surface area contributed by atoms with E-state index < -0.39 is 61.1 Å². The number of aliphatic hydroxyl groups excluding tert-OH is 4. The van der Waals surface area contributed by atoms with Crippen LogP contribution in [0.3, 0.4) is 0 Å². The molecule has 19 atom stereocenters. The molecule has 4 saturated carbocycles. The van der Waals surface area contributed by atoms with Crippen molar-refractivity contribution in [2.45, 2.75) is 185 Å². The molecule has 7 fully saturated rings. The van der Waals surface area contributed by atoms with Gasteiger partial charge < -0.3 is 58.9 Å². The first-order chi connectivity index (χ1) is 26.4. The van der Waals surface area contributed by atoms with Crippen LogP contribution in [0.4, 0.5) is 0 Å². The average molecular weight is 794 g/mol. The second-order valence-electron chi connectivity index (χ2n) is 19.5. The van der Waals surface area contributed by atoms with Gasteiger partial charge in [0.1, 0.15) is 18.8 Å². The Hall–Kier alpha value is -1.23. The van der Waals surface area contributed by atoms with E-state index in [2.05, 4.69) is 32.7 Å². The predicted octanol–water partition coefficient (Wildman–Crippen LogP) is 3.66. The first-order valence-corrected chi connectivity index (χ1v) is 21.7. The van der Waals surface area contributed by atoms with Crippen LogP contribution >= 0.6 is 0 Å². The molecule has 0 spiro atoms. The van der Waals surface area contributed by atoms with Crippen molar-refractivity contribution in [2.24, 2.45) is 40.4 Å². The zero-order chi connectivity index (χ0) is 40.3. The number of aliphatic hydroxyl groups is 5. The summed E-state index contributed by atoms with van der Waals surface area (Å²) in [5, 5.41) is 52.9. The summed E-state index contributed by atoms with van der Waals surface area (Å²) in [6, 6.07) is 0. The molecule has 4 heterocycles. The predicted molar refractivity (Wildman–Crippen MR) is 205 cm³/mol. The second kappa shape index (κ2) is 16.7. The van der Waals surface area contributed by atoms with E-state index >= 15 is 0 Å². The summed E-state index contributed by atoms with van der Waals surface area (Å²) in [6.07, 6.45) is 5.00. The van der Waals surface area contributed by atoms with Crippen molar-refractivity contribution in [3.63, 3.8) is 0 Å². The second-order valence-corrected chi connectivity index (χ2v) is 19.5. The van der Waals surface area contributed by atoms with Gasteiger partial charge in [-0.25, -0.2) is 4.79 Å². The monoisotopic (exact) mass is 793 g/mol. The van der Waals surface area contributed by atoms with E-state index in [1.807, 2.05) is 13.8 Å². The SMILES string of the molecule is CC1CN(C)CCC(O[C@@H]2[C@H](C)O[C@@H](O[C@@H]3[C@H](C)O[C@@H](O)C[C@@H]3O)C[C@@H]2O)O1.C[C@H]1CC2C(CCC3C[C@@H](O)CC[C@@]32C)[C@@]2(O)CC[C@H](C3=CC(=O)OC3)[C@@]12C. The lowest BCUT2D eigenvalue weighted by atomic mass is 9.41. The Morgan fingerprint density at radius 1 is 0.786 bits per heavy atom. The Labute approximate surface area is 333 Å². The molecule has 0 aromatic rings. The number of hydrogen-bond donors (Lipinski definition) is 5. The molecule has 3 saturated heterocycles. The molecule has 4 aliphatic heterocycles. The Morgan fingerprint density at radius 2 is 1.48 bits per heavy atom. The smallest absolute Gasteiger partial charge is 0.331 e. The van der Waals surface area contributed by atoms with Crippen LogP contribution < -0.4 is 0 Å². The number of nitrogens with zero attached hydrogens (tertiary/aromatic N) is 1. The Balaban J connectivity index is 0.000000172. The maximum atomic E-state index is 12.3. The normalized spacial score (nSPS) is 52.4. The topological polar surface area (TPSA) is 177 Å². The van der Waals surface area contributed by atoms with Crippen molar-refractivity contribution in [3.05, 3.63) is 11.6 Å². The summed E-state index contributed by atoms with van der Waals surface area (Å²) in [6.45, 7) is 14.8. The number of ether oxygens (including phenoxy) is 6. The first-order valence-electron chi connectivity index (χ1n) is 21.7. The van der Waals surface area contributed by atoms with Gasteiger partial charge in [-0.15, -0.1) is 0 Å². The summed E-state index contributed by atoms with van der Waals surface area (Å²) in [7, 11) is 2.05. The molecule has 56 heavy (non-hydrogen) atoms. The fourth-order valence-electron chi connectivity index (χ4n) is 13.0. The maximum absolute atomic E-state index is 12.3. The number of carbonyl (C=O) groups is 1. The Kier molecular flexibility index (Phi) is 12.8. The summed E-state index contributed by atoms with van der Waals surface area (Å²) in [4.78, 5) is 13.9. The maximum Gasteiger partial charge on any atom is 0.331 e. The highest BCUT2D eigenvalue weighted by atomic mass is 16.7. The highest BCUT2D eigenvalue weighted by Crippen LogP contribution is 2.71. The van der Waals surface area contributed by atoms with Crippen LogP contribution in [-0.2, 0) is 33.2 Å². The fourth-order valence-corrected chi connectivity index (χ4v) is 13.0. The minimum Gasteiger partial charge on any atom is -0.458 e. The van der Waals surface area contributed by atoms with Crippen LogP contribution in [0.25, 0.3) is 0 Å². The summed E-state index contributed by atoms with van der Waals surface area (Å²) >= 11 is 0. The number of fused-ring (bicyclic) bond motifs is 5. The lowest BCUT2D eigenvalue weighted by Gasteiger charge is -2.65. The quantitative estimate of drug-likeness (QED) is 0.255. The lowest BCUT2D eigenvalue weighted by molar-refractivity contribution is -0.322. The van der Waals surface area contributed by atoms with Gasteiger partial charge in [0.05, 0.1) is 42.2 Å². The molecule has 8 aliphatic rings. The Morgan fingerprint density at radius 3 is 2.16 bits per heavy atom. The van der Waals surface area contributed by atoms with Crippen molar-refractivity contribution in [2.75, 3.05) is 26.7 Å². The van der Waals surface area contributed by atoms with Crippen LogP contribution in [0.15, 0.2) is 11.6 Å². The molecule has 0 aromatic heterocycles. The molecule has 0 radical (unpaired) electrons. The lowest BCUT2D eigenvalue weighted by Crippen LogP contribution is -2.64. The van der Waals surface area contributed by atoms with Crippen LogP contribution in [0.2, 0.25) is 0 Å². The molecule has 0 bridgehead atoms. The van der Waals surface area contributed by atoms with Crippen LogP contribution in [-0.4, -0.2) is 136 Å². The molecule has 8 rings (SSSR count). The summed E-state index contributed by atoms with van der Waals surface area (Å²) in [5.74, 6) is 1.92. The van der Waals surface area contributed by atoms with Gasteiger partial charge in [-0.2, -0.15) is 0 Å². The zero-order valence-electron chi connectivity index (χ0n) is 34.8. The minimum atomic E-state index is -1.000. The largest absolute Gasteiger partial charge is 0.458 e. The van der Waals surface area contributed by atoms with Crippen molar-refractivity contribution >= 4 is 5.97 Å². The molecular weight excluding hydrogens is 722 g/mol. The van der Waals surface area contributed by atoms with Gasteiger partial charge in [-0.3, -0.25) is 0 Å². The molecule has 13 heteroatoms. The van der Waals surface area contributed by atoms with Gasteiger partial charge in [0.15, 0.2) is 18.9 Å². The van der Waals surface area contributed by atoms with E-state index in [0.29, 0.717) is 30.3 Å². The summed E-state index contributed by atoms with van der Waals surface area (Å²) < 4.78 is 34.3. The fraction of sp³-hybridized carbons (Fsp3) is 0.930. The third-order valence-electron chi connectivity index (χ3n) is 16.1.